The fraction of sp³-hybridized carbons (Fsp3) is 0.391. The molecular formula is C23H23Cl2FN2O3. The maximum atomic E-state index is 15.3. The molecule has 2 aromatic rings. The van der Waals surface area contributed by atoms with Crippen molar-refractivity contribution in [3.05, 3.63) is 63.4 Å². The number of halogens is 3. The molecule has 3 N–H and O–H groups in total. The summed E-state index contributed by atoms with van der Waals surface area (Å²) in [4.78, 5) is 26.0. The Kier molecular flexibility index (Phi) is 5.31. The predicted octanol–water partition coefficient (Wildman–Crippen LogP) is 4.97. The molecule has 1 fully saturated rings. The van der Waals surface area contributed by atoms with Crippen LogP contribution in [0.25, 0.3) is 0 Å². The average Bonchev–Trinajstić information content (AvgIpc) is 3.12. The monoisotopic (exact) mass is 464 g/mol. The Morgan fingerprint density at radius 3 is 2.58 bits per heavy atom. The van der Waals surface area contributed by atoms with Crippen molar-refractivity contribution in [3.8, 4) is 0 Å². The summed E-state index contributed by atoms with van der Waals surface area (Å²) in [5.41, 5.74) is -0.359. The Morgan fingerprint density at radius 2 is 1.94 bits per heavy atom. The normalized spacial score (nSPS) is 27.4. The highest BCUT2D eigenvalue weighted by Gasteiger charge is 2.66. The molecule has 0 radical (unpaired) electrons. The SMILES string of the molecule is CC(C)(C)C[C@H]1N[C@H](C(=O)O)[C@@H](c2cccc(Cl)c2F)[C@@]12C(=O)Nc1cc(Cl)ccc12. The predicted molar refractivity (Wildman–Crippen MR) is 118 cm³/mol. The Labute approximate surface area is 189 Å². The smallest absolute Gasteiger partial charge is 0.321 e. The van der Waals surface area contributed by atoms with Gasteiger partial charge in [0.05, 0.1) is 5.02 Å². The fourth-order valence-electron chi connectivity index (χ4n) is 5.14. The van der Waals surface area contributed by atoms with Gasteiger partial charge in [0.1, 0.15) is 17.3 Å². The second kappa shape index (κ2) is 7.47. The second-order valence-corrected chi connectivity index (χ2v) is 10.3. The molecule has 1 amide bonds. The minimum absolute atomic E-state index is 0.0989. The molecule has 0 saturated carbocycles. The standard InChI is InChI=1S/C23H23Cl2FN2O3/c1-22(2,3)10-16-23(13-8-7-11(24)9-15(13)27-21(23)31)17(19(28-16)20(29)30)12-5-4-6-14(25)18(12)26/h4-9,16-17,19,28H,10H2,1-3H3,(H,27,31)(H,29,30)/t16-,17-,19+,23+/m1/s1. The van der Waals surface area contributed by atoms with Crippen molar-refractivity contribution in [2.24, 2.45) is 5.41 Å². The van der Waals surface area contributed by atoms with E-state index in [0.717, 1.165) is 0 Å². The van der Waals surface area contributed by atoms with Gasteiger partial charge in [0, 0.05) is 22.7 Å². The molecule has 2 heterocycles. The highest BCUT2D eigenvalue weighted by molar-refractivity contribution is 6.31. The second-order valence-electron chi connectivity index (χ2n) is 9.43. The Hall–Kier alpha value is -2.15. The van der Waals surface area contributed by atoms with Gasteiger partial charge in [0.15, 0.2) is 0 Å². The summed E-state index contributed by atoms with van der Waals surface area (Å²) >= 11 is 12.2. The lowest BCUT2D eigenvalue weighted by Crippen LogP contribution is -2.49. The first-order chi connectivity index (χ1) is 14.5. The summed E-state index contributed by atoms with van der Waals surface area (Å²) < 4.78 is 15.3. The number of anilines is 1. The van der Waals surface area contributed by atoms with Gasteiger partial charge < -0.3 is 10.4 Å². The van der Waals surface area contributed by atoms with E-state index in [9.17, 15) is 14.7 Å². The summed E-state index contributed by atoms with van der Waals surface area (Å²) in [5.74, 6) is -3.26. The van der Waals surface area contributed by atoms with E-state index >= 15 is 4.39 Å². The van der Waals surface area contributed by atoms with Gasteiger partial charge in [-0.1, -0.05) is 62.2 Å². The van der Waals surface area contributed by atoms with E-state index in [4.69, 9.17) is 23.2 Å². The topological polar surface area (TPSA) is 78.4 Å². The van der Waals surface area contributed by atoms with Crippen molar-refractivity contribution in [1.82, 2.24) is 5.32 Å². The highest BCUT2D eigenvalue weighted by Crippen LogP contribution is 2.57. The number of hydrogen-bond acceptors (Lipinski definition) is 3. The molecule has 2 aliphatic heterocycles. The van der Waals surface area contributed by atoms with Crippen molar-refractivity contribution >= 4 is 40.8 Å². The Morgan fingerprint density at radius 1 is 1.23 bits per heavy atom. The van der Waals surface area contributed by atoms with Crippen LogP contribution >= 0.6 is 23.2 Å². The number of aliphatic carboxylic acids is 1. The van der Waals surface area contributed by atoms with Crippen LogP contribution < -0.4 is 10.6 Å². The minimum atomic E-state index is -1.35. The largest absolute Gasteiger partial charge is 0.480 e. The highest BCUT2D eigenvalue weighted by atomic mass is 35.5. The van der Waals surface area contributed by atoms with E-state index in [2.05, 4.69) is 10.6 Å². The number of fused-ring (bicyclic) bond motifs is 2. The molecule has 0 aromatic heterocycles. The van der Waals surface area contributed by atoms with Crippen molar-refractivity contribution in [1.29, 1.82) is 0 Å². The van der Waals surface area contributed by atoms with Gasteiger partial charge in [-0.25, -0.2) is 4.39 Å². The van der Waals surface area contributed by atoms with E-state index in [1.807, 2.05) is 20.8 Å². The van der Waals surface area contributed by atoms with Gasteiger partial charge in [-0.05, 0) is 41.2 Å². The maximum absolute atomic E-state index is 15.3. The number of hydrogen-bond donors (Lipinski definition) is 3. The molecule has 31 heavy (non-hydrogen) atoms. The summed E-state index contributed by atoms with van der Waals surface area (Å²) in [5, 5.41) is 16.4. The molecule has 4 rings (SSSR count). The summed E-state index contributed by atoms with van der Waals surface area (Å²) in [6.07, 6.45) is 0.491. The minimum Gasteiger partial charge on any atom is -0.480 e. The van der Waals surface area contributed by atoms with Crippen LogP contribution in [0.15, 0.2) is 36.4 Å². The number of rotatable bonds is 3. The van der Waals surface area contributed by atoms with Crippen LogP contribution in [0, 0.1) is 11.2 Å². The average molecular weight is 465 g/mol. The maximum Gasteiger partial charge on any atom is 0.321 e. The number of nitrogens with one attached hydrogen (secondary N) is 2. The number of carboxylic acid groups (broad SMARTS) is 1. The molecule has 8 heteroatoms. The number of carboxylic acids is 1. The lowest BCUT2D eigenvalue weighted by Gasteiger charge is -2.37. The third kappa shape index (κ3) is 3.41. The van der Waals surface area contributed by atoms with Gasteiger partial charge >= 0.3 is 5.97 Å². The van der Waals surface area contributed by atoms with Crippen molar-refractivity contribution in [2.45, 2.75) is 50.6 Å². The number of amides is 1. The summed E-state index contributed by atoms with van der Waals surface area (Å²) in [7, 11) is 0. The van der Waals surface area contributed by atoms with Crippen molar-refractivity contribution in [2.75, 3.05) is 5.32 Å². The van der Waals surface area contributed by atoms with Crippen molar-refractivity contribution < 1.29 is 19.1 Å². The van der Waals surface area contributed by atoms with Crippen LogP contribution in [0.4, 0.5) is 10.1 Å². The third-order valence-electron chi connectivity index (χ3n) is 6.20. The van der Waals surface area contributed by atoms with Gasteiger partial charge in [-0.2, -0.15) is 0 Å². The van der Waals surface area contributed by atoms with Crippen LogP contribution in [0.5, 0.6) is 0 Å². The number of carbonyl (C=O) groups excluding carboxylic acids is 1. The fourth-order valence-corrected chi connectivity index (χ4v) is 5.49. The Balaban J connectivity index is 2.04. The molecule has 164 valence electrons. The van der Waals surface area contributed by atoms with Crippen LogP contribution in [0.3, 0.4) is 0 Å². The van der Waals surface area contributed by atoms with Crippen LogP contribution in [-0.2, 0) is 15.0 Å². The number of benzene rings is 2. The van der Waals surface area contributed by atoms with Crippen molar-refractivity contribution in [3.63, 3.8) is 0 Å². The first kappa shape index (κ1) is 22.1. The Bertz CT molecular complexity index is 1080. The van der Waals surface area contributed by atoms with Gasteiger partial charge in [0.25, 0.3) is 0 Å². The molecule has 5 nitrogen and oxygen atoms in total. The molecular weight excluding hydrogens is 442 g/mol. The zero-order valence-corrected chi connectivity index (χ0v) is 18.8. The van der Waals surface area contributed by atoms with E-state index in [0.29, 0.717) is 22.7 Å². The number of carbonyl (C=O) groups is 2. The van der Waals surface area contributed by atoms with E-state index in [1.165, 1.54) is 12.1 Å². The summed E-state index contributed by atoms with van der Waals surface area (Å²) in [6, 6.07) is 7.76. The lowest BCUT2D eigenvalue weighted by molar-refractivity contribution is -0.139. The zero-order chi connectivity index (χ0) is 22.7. The third-order valence-corrected chi connectivity index (χ3v) is 6.73. The molecule has 1 spiro atoms. The van der Waals surface area contributed by atoms with E-state index in [-0.39, 0.29) is 21.9 Å². The van der Waals surface area contributed by atoms with Gasteiger partial charge in [-0.15, -0.1) is 0 Å². The van der Waals surface area contributed by atoms with Gasteiger partial charge in [0.2, 0.25) is 5.91 Å². The molecule has 4 atom stereocenters. The zero-order valence-electron chi connectivity index (χ0n) is 17.3. The molecule has 2 aliphatic rings. The quantitative estimate of drug-likeness (QED) is 0.599. The van der Waals surface area contributed by atoms with E-state index < -0.39 is 35.2 Å². The van der Waals surface area contributed by atoms with Crippen LogP contribution in [-0.4, -0.2) is 29.1 Å². The van der Waals surface area contributed by atoms with E-state index in [1.54, 1.807) is 24.3 Å². The molecule has 1 saturated heterocycles. The lowest BCUT2D eigenvalue weighted by atomic mass is 9.62. The molecule has 0 unspecified atom stereocenters. The molecule has 0 aliphatic carbocycles. The first-order valence-electron chi connectivity index (χ1n) is 10.0. The molecule has 0 bridgehead atoms. The first-order valence-corrected chi connectivity index (χ1v) is 10.8. The molecule has 2 aromatic carbocycles. The van der Waals surface area contributed by atoms with Gasteiger partial charge in [-0.3, -0.25) is 14.9 Å². The van der Waals surface area contributed by atoms with Crippen LogP contribution in [0.2, 0.25) is 10.0 Å². The summed E-state index contributed by atoms with van der Waals surface area (Å²) in [6.45, 7) is 6.04. The van der Waals surface area contributed by atoms with Crippen LogP contribution in [0.1, 0.15) is 44.2 Å².